The summed E-state index contributed by atoms with van der Waals surface area (Å²) < 4.78 is 4.88. The monoisotopic (exact) mass is 529 g/mol. The quantitative estimate of drug-likeness (QED) is 0.177. The fraction of sp³-hybridized carbons (Fsp3) is 0.440. The van der Waals surface area contributed by atoms with Gasteiger partial charge in [-0.2, -0.15) is 9.98 Å². The Bertz CT molecular complexity index is 1060. The topological polar surface area (TPSA) is 197 Å². The lowest BCUT2D eigenvalue weighted by molar-refractivity contribution is -0.123. The first-order chi connectivity index (χ1) is 18.4. The zero-order valence-electron chi connectivity index (χ0n) is 21.8. The van der Waals surface area contributed by atoms with Gasteiger partial charge in [-0.3, -0.25) is 24.2 Å². The Morgan fingerprint density at radius 2 is 1.79 bits per heavy atom. The second-order valence-electron chi connectivity index (χ2n) is 7.57. The highest BCUT2D eigenvalue weighted by Crippen LogP contribution is 2.14. The van der Waals surface area contributed by atoms with Gasteiger partial charge >= 0.3 is 0 Å². The van der Waals surface area contributed by atoms with Crippen molar-refractivity contribution < 1.29 is 29.0 Å². The SMILES string of the molecule is CC.COCCNC(=O)CCCCC(=O)c1ccc(NCC2=NC3C(=O)N=C(N)N=C3N=C2)cc1.O=CO. The third-order valence-corrected chi connectivity index (χ3v) is 4.94. The number of guanidine groups is 1. The Balaban J connectivity index is 0.00000135. The van der Waals surface area contributed by atoms with Crippen LogP contribution < -0.4 is 16.4 Å². The molecule has 2 aliphatic rings. The van der Waals surface area contributed by atoms with E-state index in [0.29, 0.717) is 56.7 Å². The lowest BCUT2D eigenvalue weighted by Crippen LogP contribution is -2.38. The molecule has 2 aliphatic heterocycles. The number of unbranched alkanes of at least 4 members (excludes halogenated alkanes) is 1. The van der Waals surface area contributed by atoms with Crippen LogP contribution in [0.15, 0.2) is 44.2 Å². The third-order valence-electron chi connectivity index (χ3n) is 4.94. The number of ether oxygens (including phenoxy) is 1. The molecule has 206 valence electrons. The maximum Gasteiger partial charge on any atom is 0.290 e. The molecule has 2 amide bonds. The summed E-state index contributed by atoms with van der Waals surface area (Å²) in [6.45, 7) is 5.07. The molecule has 0 aromatic heterocycles. The molecule has 0 aliphatic carbocycles. The fourth-order valence-corrected chi connectivity index (χ4v) is 3.19. The number of amidine groups is 1. The summed E-state index contributed by atoms with van der Waals surface area (Å²) >= 11 is 0. The van der Waals surface area contributed by atoms with Gasteiger partial charge in [0.1, 0.15) is 0 Å². The molecule has 38 heavy (non-hydrogen) atoms. The molecular formula is C25H35N7O6. The second-order valence-corrected chi connectivity index (χ2v) is 7.57. The molecule has 1 aromatic carbocycles. The van der Waals surface area contributed by atoms with Crippen molar-refractivity contribution in [2.45, 2.75) is 45.6 Å². The summed E-state index contributed by atoms with van der Waals surface area (Å²) in [5, 5.41) is 12.8. The molecule has 1 atom stereocenters. The molecular weight excluding hydrogens is 494 g/mol. The van der Waals surface area contributed by atoms with Crippen LogP contribution in [0.5, 0.6) is 0 Å². The van der Waals surface area contributed by atoms with Gasteiger partial charge in [0.2, 0.25) is 11.9 Å². The molecule has 2 heterocycles. The van der Waals surface area contributed by atoms with E-state index >= 15 is 0 Å². The van der Waals surface area contributed by atoms with Crippen molar-refractivity contribution in [1.29, 1.82) is 0 Å². The number of Topliss-reactive ketones (excluding diaryl/α,β-unsaturated/α-hetero) is 1. The first-order valence-electron chi connectivity index (χ1n) is 12.2. The Morgan fingerprint density at radius 1 is 1.13 bits per heavy atom. The average molecular weight is 530 g/mol. The van der Waals surface area contributed by atoms with E-state index < -0.39 is 11.9 Å². The summed E-state index contributed by atoms with van der Waals surface area (Å²) in [6, 6.07) is 6.27. The Kier molecular flexibility index (Phi) is 15.1. The number of nitrogens with one attached hydrogen (secondary N) is 2. The number of fused-ring (bicyclic) bond motifs is 1. The van der Waals surface area contributed by atoms with E-state index in [1.807, 2.05) is 13.8 Å². The summed E-state index contributed by atoms with van der Waals surface area (Å²) in [6.07, 6.45) is 3.62. The minimum absolute atomic E-state index is 0.0317. The number of nitrogens with two attached hydrogens (primary N) is 1. The molecule has 1 unspecified atom stereocenters. The van der Waals surface area contributed by atoms with Gasteiger partial charge in [0.05, 0.1) is 25.1 Å². The molecule has 3 rings (SSSR count). The number of rotatable bonds is 12. The zero-order valence-corrected chi connectivity index (χ0v) is 21.8. The van der Waals surface area contributed by atoms with Gasteiger partial charge in [0, 0.05) is 37.7 Å². The van der Waals surface area contributed by atoms with Gasteiger partial charge in [-0.15, -0.1) is 0 Å². The van der Waals surface area contributed by atoms with E-state index in [1.165, 1.54) is 6.21 Å². The second kappa shape index (κ2) is 18.1. The van der Waals surface area contributed by atoms with E-state index in [-0.39, 0.29) is 30.0 Å². The van der Waals surface area contributed by atoms with Crippen LogP contribution >= 0.6 is 0 Å². The largest absolute Gasteiger partial charge is 0.483 e. The number of methoxy groups -OCH3 is 1. The van der Waals surface area contributed by atoms with Crippen molar-refractivity contribution in [1.82, 2.24) is 5.32 Å². The van der Waals surface area contributed by atoms with E-state index in [1.54, 1.807) is 31.4 Å². The minimum Gasteiger partial charge on any atom is -0.483 e. The molecule has 0 radical (unpaired) electrons. The minimum atomic E-state index is -0.851. The third kappa shape index (κ3) is 11.2. The van der Waals surface area contributed by atoms with Crippen LogP contribution in [0.2, 0.25) is 0 Å². The Hall–Kier alpha value is -4.26. The fourth-order valence-electron chi connectivity index (χ4n) is 3.19. The van der Waals surface area contributed by atoms with Crippen LogP contribution in [-0.2, 0) is 19.1 Å². The highest BCUT2D eigenvalue weighted by Gasteiger charge is 2.30. The Labute approximate surface area is 221 Å². The standard InChI is InChI=1S/C22H27N7O4.C2H6.CH2O2/c1-33-11-10-24-18(31)5-3-2-4-17(30)14-6-8-15(9-7-14)25-12-16-13-26-20-19(27-16)21(32)29-22(23)28-20;1-2;2-1-3/h6-9,13,19,25H,2-5,10-12H2,1H3,(H,24,31)(H2,23,29,32);1-2H3;1H,(H,2,3). The molecule has 0 bridgehead atoms. The number of hydrogen-bond acceptors (Lipinski definition) is 10. The lowest BCUT2D eigenvalue weighted by atomic mass is 10.0. The van der Waals surface area contributed by atoms with Gasteiger partial charge in [-0.05, 0) is 37.1 Å². The number of benzene rings is 1. The van der Waals surface area contributed by atoms with Crippen molar-refractivity contribution in [3.63, 3.8) is 0 Å². The first kappa shape index (κ1) is 31.8. The molecule has 5 N–H and O–H groups in total. The van der Waals surface area contributed by atoms with Crippen LogP contribution in [0.1, 0.15) is 49.9 Å². The number of carbonyl (C=O) groups excluding carboxylic acids is 3. The van der Waals surface area contributed by atoms with E-state index in [2.05, 4.69) is 30.6 Å². The van der Waals surface area contributed by atoms with Crippen LogP contribution in [0.25, 0.3) is 0 Å². The summed E-state index contributed by atoms with van der Waals surface area (Å²) in [4.78, 5) is 60.3. The summed E-state index contributed by atoms with van der Waals surface area (Å²) in [5.41, 5.74) is 7.46. The van der Waals surface area contributed by atoms with E-state index in [4.69, 9.17) is 20.4 Å². The van der Waals surface area contributed by atoms with Crippen LogP contribution in [-0.4, -0.2) is 85.7 Å². The van der Waals surface area contributed by atoms with Crippen LogP contribution in [0.3, 0.4) is 0 Å². The molecule has 13 nitrogen and oxygen atoms in total. The highest BCUT2D eigenvalue weighted by atomic mass is 16.5. The van der Waals surface area contributed by atoms with Gasteiger partial charge in [-0.1, -0.05) is 13.8 Å². The number of ketones is 1. The van der Waals surface area contributed by atoms with Crippen LogP contribution in [0, 0.1) is 0 Å². The predicted molar refractivity (Wildman–Crippen MR) is 146 cm³/mol. The maximum atomic E-state index is 12.4. The van der Waals surface area contributed by atoms with Gasteiger partial charge in [-0.25, -0.2) is 4.99 Å². The molecule has 0 spiro atoms. The van der Waals surface area contributed by atoms with Gasteiger partial charge in [0.15, 0.2) is 17.7 Å². The van der Waals surface area contributed by atoms with Crippen molar-refractivity contribution in [2.75, 3.05) is 32.1 Å². The molecule has 1 aromatic rings. The first-order valence-corrected chi connectivity index (χ1v) is 12.2. The predicted octanol–water partition coefficient (Wildman–Crippen LogP) is 1.48. The molecule has 0 saturated carbocycles. The normalized spacial score (nSPS) is 15.2. The average Bonchev–Trinajstić information content (AvgIpc) is 2.92. The lowest BCUT2D eigenvalue weighted by Gasteiger charge is -2.18. The van der Waals surface area contributed by atoms with E-state index in [0.717, 1.165) is 5.69 Å². The number of carbonyl (C=O) groups is 4. The smallest absolute Gasteiger partial charge is 0.290 e. The molecule has 0 saturated heterocycles. The maximum absolute atomic E-state index is 12.4. The van der Waals surface area contributed by atoms with E-state index in [9.17, 15) is 14.4 Å². The van der Waals surface area contributed by atoms with Crippen molar-refractivity contribution >= 4 is 53.5 Å². The number of nitrogens with zero attached hydrogens (tertiary/aromatic N) is 4. The number of aliphatic imine (C=N–C) groups is 4. The number of hydrogen-bond donors (Lipinski definition) is 4. The van der Waals surface area contributed by atoms with Gasteiger partial charge < -0.3 is 26.2 Å². The van der Waals surface area contributed by atoms with Gasteiger partial charge in [0.25, 0.3) is 12.4 Å². The number of anilines is 1. The zero-order chi connectivity index (χ0) is 28.3. The summed E-state index contributed by atoms with van der Waals surface area (Å²) in [5.74, 6) is -0.353. The number of carboxylic acid groups (broad SMARTS) is 1. The molecule has 0 fully saturated rings. The van der Waals surface area contributed by atoms with Crippen molar-refractivity contribution in [2.24, 2.45) is 25.7 Å². The van der Waals surface area contributed by atoms with Crippen LogP contribution in [0.4, 0.5) is 5.69 Å². The van der Waals surface area contributed by atoms with Crippen molar-refractivity contribution in [3.8, 4) is 0 Å². The number of amides is 2. The molecule has 13 heteroatoms. The summed E-state index contributed by atoms with van der Waals surface area (Å²) in [7, 11) is 1.58. The van der Waals surface area contributed by atoms with Crippen molar-refractivity contribution in [3.05, 3.63) is 29.8 Å². The highest BCUT2D eigenvalue weighted by molar-refractivity contribution is 6.38. The Morgan fingerprint density at radius 3 is 2.45 bits per heavy atom.